The fourth-order valence-corrected chi connectivity index (χ4v) is 3.22. The summed E-state index contributed by atoms with van der Waals surface area (Å²) in [5.41, 5.74) is -1.34. The quantitative estimate of drug-likeness (QED) is 0.469. The van der Waals surface area contributed by atoms with Crippen molar-refractivity contribution >= 4 is 11.9 Å². The van der Waals surface area contributed by atoms with E-state index in [0.29, 0.717) is 0 Å². The molecule has 11 nitrogen and oxygen atoms in total. The molecule has 0 unspecified atom stereocenters. The molecule has 0 saturated carbocycles. The van der Waals surface area contributed by atoms with E-state index in [1.165, 1.54) is 12.1 Å². The summed E-state index contributed by atoms with van der Waals surface area (Å²) in [6.07, 6.45) is -9.46. The van der Waals surface area contributed by atoms with E-state index in [2.05, 4.69) is 4.74 Å². The first-order valence-corrected chi connectivity index (χ1v) is 10.3. The molecule has 14 heteroatoms. The number of aliphatic hydroxyl groups is 1. The number of carbonyl (C=O) groups excluding carboxylic acids is 2. The standard InChI is InChI=1S/C21H21F3N2O9/c22-21(23,24)11-34-15(28)7-9-32-17-16(29)13(10-33-19(30)12-4-2-1-3-5-12)35-18(17)26-8-6-14(27)25-20(26)31/h1-6,8,13,16-18,29H,7,9-11H2,(H,25,27,31)/t13-,16-,17-,18-/m1/s1. The zero-order chi connectivity index (χ0) is 25.6. The van der Waals surface area contributed by atoms with Gasteiger partial charge in [-0.25, -0.2) is 9.59 Å². The first kappa shape index (κ1) is 26.1. The molecule has 0 amide bonds. The molecule has 1 saturated heterocycles. The molecule has 2 N–H and O–H groups in total. The third-order valence-corrected chi connectivity index (χ3v) is 4.84. The number of aromatic nitrogens is 2. The first-order chi connectivity index (χ1) is 16.5. The third kappa shape index (κ3) is 7.24. The lowest BCUT2D eigenvalue weighted by molar-refractivity contribution is -0.187. The van der Waals surface area contributed by atoms with E-state index in [1.54, 1.807) is 18.2 Å². The number of aromatic amines is 1. The van der Waals surface area contributed by atoms with Crippen LogP contribution in [0.25, 0.3) is 0 Å². The van der Waals surface area contributed by atoms with Crippen LogP contribution in [-0.2, 0) is 23.7 Å². The molecular weight excluding hydrogens is 481 g/mol. The normalized spacial score (nSPS) is 22.1. The third-order valence-electron chi connectivity index (χ3n) is 4.84. The van der Waals surface area contributed by atoms with Crippen LogP contribution in [0.15, 0.2) is 52.2 Å². The van der Waals surface area contributed by atoms with Gasteiger partial charge in [0.2, 0.25) is 0 Å². The average molecular weight is 502 g/mol. The highest BCUT2D eigenvalue weighted by Gasteiger charge is 2.46. The van der Waals surface area contributed by atoms with Crippen LogP contribution in [0.1, 0.15) is 23.0 Å². The van der Waals surface area contributed by atoms with Gasteiger partial charge in [-0.1, -0.05) is 18.2 Å². The van der Waals surface area contributed by atoms with E-state index < -0.39 is 80.1 Å². The Bertz CT molecular complexity index is 1130. The molecule has 1 aromatic carbocycles. The molecule has 4 atom stereocenters. The average Bonchev–Trinajstić information content (AvgIpc) is 3.11. The van der Waals surface area contributed by atoms with Gasteiger partial charge in [0.05, 0.1) is 18.6 Å². The van der Waals surface area contributed by atoms with E-state index in [9.17, 15) is 37.5 Å². The van der Waals surface area contributed by atoms with Crippen molar-refractivity contribution in [2.75, 3.05) is 19.8 Å². The molecule has 1 aliphatic rings. The Kier molecular flexibility index (Phi) is 8.43. The lowest BCUT2D eigenvalue weighted by atomic mass is 10.1. The van der Waals surface area contributed by atoms with E-state index in [4.69, 9.17) is 14.2 Å². The molecule has 0 spiro atoms. The highest BCUT2D eigenvalue weighted by molar-refractivity contribution is 5.89. The van der Waals surface area contributed by atoms with E-state index in [-0.39, 0.29) is 5.56 Å². The van der Waals surface area contributed by atoms with Crippen molar-refractivity contribution in [1.82, 2.24) is 9.55 Å². The number of ether oxygens (including phenoxy) is 4. The number of hydrogen-bond acceptors (Lipinski definition) is 9. The van der Waals surface area contributed by atoms with Crippen molar-refractivity contribution in [3.8, 4) is 0 Å². The number of H-pyrrole nitrogens is 1. The van der Waals surface area contributed by atoms with Crippen LogP contribution in [0, 0.1) is 0 Å². The number of halogens is 3. The molecule has 1 aromatic heterocycles. The molecule has 3 rings (SSSR count). The number of alkyl halides is 3. The summed E-state index contributed by atoms with van der Waals surface area (Å²) in [6, 6.07) is 9.00. The molecule has 1 fully saturated rings. The minimum Gasteiger partial charge on any atom is -0.459 e. The molecular formula is C21H21F3N2O9. The van der Waals surface area contributed by atoms with Crippen LogP contribution in [0.2, 0.25) is 0 Å². The molecule has 0 aliphatic carbocycles. The molecule has 35 heavy (non-hydrogen) atoms. The van der Waals surface area contributed by atoms with E-state index >= 15 is 0 Å². The topological polar surface area (TPSA) is 146 Å². The minimum absolute atomic E-state index is 0.249. The predicted octanol–water partition coefficient (Wildman–Crippen LogP) is 0.533. The van der Waals surface area contributed by atoms with Crippen LogP contribution >= 0.6 is 0 Å². The zero-order valence-corrected chi connectivity index (χ0v) is 18.0. The Morgan fingerprint density at radius 1 is 1.11 bits per heavy atom. The molecule has 2 aromatic rings. The number of benzene rings is 1. The van der Waals surface area contributed by atoms with Gasteiger partial charge in [0.15, 0.2) is 12.8 Å². The van der Waals surface area contributed by atoms with Gasteiger partial charge in [0.1, 0.15) is 24.9 Å². The summed E-state index contributed by atoms with van der Waals surface area (Å²) in [5, 5.41) is 10.7. The lowest BCUT2D eigenvalue weighted by Crippen LogP contribution is -2.40. The number of nitrogens with zero attached hydrogens (tertiary/aromatic N) is 1. The number of aliphatic hydroxyl groups excluding tert-OH is 1. The van der Waals surface area contributed by atoms with Crippen LogP contribution in [0.5, 0.6) is 0 Å². The van der Waals surface area contributed by atoms with Crippen molar-refractivity contribution in [2.24, 2.45) is 0 Å². The molecule has 190 valence electrons. The maximum absolute atomic E-state index is 12.2. The van der Waals surface area contributed by atoms with E-state index in [1.807, 2.05) is 4.98 Å². The number of esters is 2. The fraction of sp³-hybridized carbons (Fsp3) is 0.429. The highest BCUT2D eigenvalue weighted by atomic mass is 19.4. The Morgan fingerprint density at radius 3 is 2.49 bits per heavy atom. The maximum Gasteiger partial charge on any atom is 0.422 e. The fourth-order valence-electron chi connectivity index (χ4n) is 3.22. The van der Waals surface area contributed by atoms with Crippen molar-refractivity contribution in [3.05, 3.63) is 69.0 Å². The summed E-state index contributed by atoms with van der Waals surface area (Å²) in [7, 11) is 0. The van der Waals surface area contributed by atoms with Gasteiger partial charge in [-0.15, -0.1) is 0 Å². The Balaban J connectivity index is 1.67. The molecule has 0 bridgehead atoms. The van der Waals surface area contributed by atoms with Crippen molar-refractivity contribution in [1.29, 1.82) is 0 Å². The second-order valence-corrected chi connectivity index (χ2v) is 7.40. The van der Waals surface area contributed by atoms with Gasteiger partial charge in [0.25, 0.3) is 5.56 Å². The summed E-state index contributed by atoms with van der Waals surface area (Å²) in [4.78, 5) is 49.3. The van der Waals surface area contributed by atoms with Gasteiger partial charge in [-0.2, -0.15) is 13.2 Å². The number of rotatable bonds is 9. The zero-order valence-electron chi connectivity index (χ0n) is 18.0. The number of nitrogens with one attached hydrogen (secondary N) is 1. The predicted molar refractivity (Wildman–Crippen MR) is 109 cm³/mol. The second-order valence-electron chi connectivity index (χ2n) is 7.40. The first-order valence-electron chi connectivity index (χ1n) is 10.3. The Morgan fingerprint density at radius 2 is 1.83 bits per heavy atom. The maximum atomic E-state index is 12.2. The minimum atomic E-state index is -4.69. The summed E-state index contributed by atoms with van der Waals surface area (Å²) in [6.45, 7) is -2.67. The van der Waals surface area contributed by atoms with Crippen LogP contribution in [0.4, 0.5) is 13.2 Å². The van der Waals surface area contributed by atoms with Crippen LogP contribution < -0.4 is 11.2 Å². The highest BCUT2D eigenvalue weighted by Crippen LogP contribution is 2.31. The monoisotopic (exact) mass is 502 g/mol. The number of hydrogen-bond donors (Lipinski definition) is 2. The van der Waals surface area contributed by atoms with Crippen LogP contribution in [-0.4, -0.2) is 70.9 Å². The summed E-state index contributed by atoms with van der Waals surface area (Å²) < 4.78 is 57.8. The smallest absolute Gasteiger partial charge is 0.422 e. The lowest BCUT2D eigenvalue weighted by Gasteiger charge is -2.22. The molecule has 0 radical (unpaired) electrons. The van der Waals surface area contributed by atoms with Gasteiger partial charge in [-0.3, -0.25) is 19.1 Å². The Labute approximate surface area is 195 Å². The van der Waals surface area contributed by atoms with Crippen molar-refractivity contribution in [2.45, 2.75) is 37.1 Å². The SMILES string of the molecule is O=C(CCO[C@@H]1[C@H](O)[C@@H](COC(=O)c2ccccc2)O[C@H]1n1ccc(=O)[nH]c1=O)OCC(F)(F)F. The second kappa shape index (κ2) is 11.3. The summed E-state index contributed by atoms with van der Waals surface area (Å²) in [5.74, 6) is -1.89. The van der Waals surface area contributed by atoms with E-state index in [0.717, 1.165) is 16.8 Å². The molecule has 2 heterocycles. The molecule has 1 aliphatic heterocycles. The van der Waals surface area contributed by atoms with Gasteiger partial charge in [-0.05, 0) is 12.1 Å². The summed E-state index contributed by atoms with van der Waals surface area (Å²) >= 11 is 0. The van der Waals surface area contributed by atoms with Crippen molar-refractivity contribution < 1.29 is 46.8 Å². The van der Waals surface area contributed by atoms with Gasteiger partial charge >= 0.3 is 23.8 Å². The Hall–Kier alpha value is -3.49. The number of carbonyl (C=O) groups is 2. The van der Waals surface area contributed by atoms with Gasteiger partial charge in [0, 0.05) is 12.3 Å². The van der Waals surface area contributed by atoms with Gasteiger partial charge < -0.3 is 24.1 Å². The van der Waals surface area contributed by atoms with Crippen molar-refractivity contribution in [3.63, 3.8) is 0 Å². The largest absolute Gasteiger partial charge is 0.459 e. The van der Waals surface area contributed by atoms with Crippen LogP contribution in [0.3, 0.4) is 0 Å².